The summed E-state index contributed by atoms with van der Waals surface area (Å²) in [6.07, 6.45) is 0. The van der Waals surface area contributed by atoms with Crippen molar-refractivity contribution >= 4 is 23.0 Å². The number of aryl methyl sites for hydroxylation is 2. The number of ether oxygens (including phenoxy) is 1. The van der Waals surface area contributed by atoms with Gasteiger partial charge in [-0.2, -0.15) is 0 Å². The van der Waals surface area contributed by atoms with Crippen molar-refractivity contribution in [2.75, 3.05) is 36.5 Å². The first-order valence-corrected chi connectivity index (χ1v) is 7.73. The van der Waals surface area contributed by atoms with E-state index in [1.54, 1.807) is 19.1 Å². The van der Waals surface area contributed by atoms with E-state index < -0.39 is 0 Å². The molecule has 0 radical (unpaired) electrons. The summed E-state index contributed by atoms with van der Waals surface area (Å²) in [5, 5.41) is 14.2. The molecule has 0 amide bonds. The number of benzene rings is 1. The standard InChI is InChI=1S/C16H19N5O3/c1-11-3-4-13(9-14(11)21(22)23)19-15-10-16(18-12(2)17-15)20-5-7-24-8-6-20/h3-4,9-10H,5-8H2,1-2H3,(H,17,18,19). The van der Waals surface area contributed by atoms with Crippen LogP contribution in [0.15, 0.2) is 24.3 Å². The van der Waals surface area contributed by atoms with Gasteiger partial charge in [-0.1, -0.05) is 6.07 Å². The Hall–Kier alpha value is -2.74. The van der Waals surface area contributed by atoms with Gasteiger partial charge in [-0.15, -0.1) is 0 Å². The number of morpholine rings is 1. The van der Waals surface area contributed by atoms with E-state index in [-0.39, 0.29) is 10.6 Å². The molecule has 126 valence electrons. The van der Waals surface area contributed by atoms with Crippen molar-refractivity contribution < 1.29 is 9.66 Å². The van der Waals surface area contributed by atoms with Crippen LogP contribution in [0, 0.1) is 24.0 Å². The Bertz CT molecular complexity index is 759. The van der Waals surface area contributed by atoms with Gasteiger partial charge in [0.15, 0.2) is 0 Å². The lowest BCUT2D eigenvalue weighted by molar-refractivity contribution is -0.385. The highest BCUT2D eigenvalue weighted by Gasteiger charge is 2.15. The van der Waals surface area contributed by atoms with Crippen LogP contribution in [0.5, 0.6) is 0 Å². The fourth-order valence-corrected chi connectivity index (χ4v) is 2.60. The van der Waals surface area contributed by atoms with Crippen LogP contribution >= 0.6 is 0 Å². The van der Waals surface area contributed by atoms with Crippen LogP contribution in [-0.2, 0) is 4.74 Å². The number of hydrogen-bond acceptors (Lipinski definition) is 7. The Morgan fingerprint density at radius 3 is 2.67 bits per heavy atom. The Morgan fingerprint density at radius 1 is 1.21 bits per heavy atom. The lowest BCUT2D eigenvalue weighted by Crippen LogP contribution is -2.36. The van der Waals surface area contributed by atoms with E-state index in [2.05, 4.69) is 20.2 Å². The SMILES string of the molecule is Cc1nc(Nc2ccc(C)c([N+](=O)[O-])c2)cc(N2CCOCC2)n1. The molecule has 1 fully saturated rings. The average Bonchev–Trinajstić information content (AvgIpc) is 2.56. The number of nitro groups is 1. The van der Waals surface area contributed by atoms with Crippen molar-refractivity contribution in [2.24, 2.45) is 0 Å². The maximum atomic E-state index is 11.1. The minimum absolute atomic E-state index is 0.0826. The van der Waals surface area contributed by atoms with Gasteiger partial charge in [0.25, 0.3) is 5.69 Å². The summed E-state index contributed by atoms with van der Waals surface area (Å²) in [6, 6.07) is 6.89. The van der Waals surface area contributed by atoms with Crippen molar-refractivity contribution in [1.29, 1.82) is 0 Å². The summed E-state index contributed by atoms with van der Waals surface area (Å²) < 4.78 is 5.36. The van der Waals surface area contributed by atoms with Crippen molar-refractivity contribution in [2.45, 2.75) is 13.8 Å². The molecule has 0 saturated carbocycles. The van der Waals surface area contributed by atoms with Gasteiger partial charge in [0.2, 0.25) is 0 Å². The zero-order valence-electron chi connectivity index (χ0n) is 13.7. The number of nitrogens with zero attached hydrogens (tertiary/aromatic N) is 4. The number of nitrogens with one attached hydrogen (secondary N) is 1. The first-order chi connectivity index (χ1) is 11.5. The number of rotatable bonds is 4. The molecular weight excluding hydrogens is 310 g/mol. The summed E-state index contributed by atoms with van der Waals surface area (Å²) in [4.78, 5) is 21.7. The minimum atomic E-state index is -0.384. The van der Waals surface area contributed by atoms with Gasteiger partial charge in [0.05, 0.1) is 18.1 Å². The Kier molecular flexibility index (Phi) is 4.57. The highest BCUT2D eigenvalue weighted by Crippen LogP contribution is 2.25. The van der Waals surface area contributed by atoms with Crippen LogP contribution in [0.25, 0.3) is 0 Å². The molecule has 0 bridgehead atoms. The van der Waals surface area contributed by atoms with Gasteiger partial charge in [-0.3, -0.25) is 10.1 Å². The maximum Gasteiger partial charge on any atom is 0.274 e. The zero-order chi connectivity index (χ0) is 17.1. The molecule has 2 aromatic rings. The summed E-state index contributed by atoms with van der Waals surface area (Å²) in [5.41, 5.74) is 1.33. The third-order valence-corrected chi connectivity index (χ3v) is 3.84. The molecule has 1 aliphatic rings. The van der Waals surface area contributed by atoms with Crippen molar-refractivity contribution in [3.05, 3.63) is 45.8 Å². The molecule has 3 rings (SSSR count). The quantitative estimate of drug-likeness (QED) is 0.680. The monoisotopic (exact) mass is 329 g/mol. The minimum Gasteiger partial charge on any atom is -0.378 e. The van der Waals surface area contributed by atoms with E-state index in [0.717, 1.165) is 18.9 Å². The second-order valence-corrected chi connectivity index (χ2v) is 5.64. The van der Waals surface area contributed by atoms with E-state index in [4.69, 9.17) is 4.74 Å². The highest BCUT2D eigenvalue weighted by molar-refractivity contribution is 5.63. The molecule has 1 N–H and O–H groups in total. The van der Waals surface area contributed by atoms with Crippen molar-refractivity contribution in [1.82, 2.24) is 9.97 Å². The third kappa shape index (κ3) is 3.60. The second kappa shape index (κ2) is 6.79. The molecule has 0 aliphatic carbocycles. The number of nitro benzene ring substituents is 1. The van der Waals surface area contributed by atoms with Gasteiger partial charge < -0.3 is 15.0 Å². The van der Waals surface area contributed by atoms with Crippen LogP contribution in [0.2, 0.25) is 0 Å². The summed E-state index contributed by atoms with van der Waals surface area (Å²) in [6.45, 7) is 6.46. The van der Waals surface area contributed by atoms with Gasteiger partial charge in [0.1, 0.15) is 17.5 Å². The molecule has 1 aromatic heterocycles. The number of anilines is 3. The Labute approximate surface area is 139 Å². The predicted molar refractivity (Wildman–Crippen MR) is 90.9 cm³/mol. The lowest BCUT2D eigenvalue weighted by Gasteiger charge is -2.28. The van der Waals surface area contributed by atoms with E-state index >= 15 is 0 Å². The second-order valence-electron chi connectivity index (χ2n) is 5.64. The molecule has 0 spiro atoms. The highest BCUT2D eigenvalue weighted by atomic mass is 16.6. The first-order valence-electron chi connectivity index (χ1n) is 7.73. The molecule has 24 heavy (non-hydrogen) atoms. The van der Waals surface area contributed by atoms with Gasteiger partial charge in [0, 0.05) is 36.5 Å². The van der Waals surface area contributed by atoms with Gasteiger partial charge >= 0.3 is 0 Å². The van der Waals surface area contributed by atoms with E-state index in [0.29, 0.717) is 36.1 Å². The maximum absolute atomic E-state index is 11.1. The molecular formula is C16H19N5O3. The molecule has 0 unspecified atom stereocenters. The lowest BCUT2D eigenvalue weighted by atomic mass is 10.2. The normalized spacial score (nSPS) is 14.5. The largest absolute Gasteiger partial charge is 0.378 e. The van der Waals surface area contributed by atoms with Crippen LogP contribution in [-0.4, -0.2) is 41.2 Å². The van der Waals surface area contributed by atoms with Crippen LogP contribution in [0.1, 0.15) is 11.4 Å². The fourth-order valence-electron chi connectivity index (χ4n) is 2.60. The van der Waals surface area contributed by atoms with Crippen LogP contribution < -0.4 is 10.2 Å². The van der Waals surface area contributed by atoms with E-state index in [1.165, 1.54) is 6.07 Å². The molecule has 2 heterocycles. The van der Waals surface area contributed by atoms with E-state index in [9.17, 15) is 10.1 Å². The summed E-state index contributed by atoms with van der Waals surface area (Å²) in [7, 11) is 0. The molecule has 1 aliphatic heterocycles. The smallest absolute Gasteiger partial charge is 0.274 e. The fraction of sp³-hybridized carbons (Fsp3) is 0.375. The zero-order valence-corrected chi connectivity index (χ0v) is 13.7. The molecule has 8 heteroatoms. The van der Waals surface area contributed by atoms with Crippen LogP contribution in [0.3, 0.4) is 0 Å². The Morgan fingerprint density at radius 2 is 1.96 bits per heavy atom. The van der Waals surface area contributed by atoms with Gasteiger partial charge in [-0.25, -0.2) is 9.97 Å². The topological polar surface area (TPSA) is 93.4 Å². The summed E-state index contributed by atoms with van der Waals surface area (Å²) in [5.74, 6) is 2.08. The third-order valence-electron chi connectivity index (χ3n) is 3.84. The molecule has 0 atom stereocenters. The molecule has 8 nitrogen and oxygen atoms in total. The van der Waals surface area contributed by atoms with E-state index in [1.807, 2.05) is 13.0 Å². The molecule has 1 saturated heterocycles. The predicted octanol–water partition coefficient (Wildman–Crippen LogP) is 2.58. The Balaban J connectivity index is 1.86. The average molecular weight is 329 g/mol. The van der Waals surface area contributed by atoms with Crippen LogP contribution in [0.4, 0.5) is 23.0 Å². The van der Waals surface area contributed by atoms with Crippen molar-refractivity contribution in [3.63, 3.8) is 0 Å². The van der Waals surface area contributed by atoms with Crippen molar-refractivity contribution in [3.8, 4) is 0 Å². The first kappa shape index (κ1) is 16.1. The summed E-state index contributed by atoms with van der Waals surface area (Å²) >= 11 is 0. The van der Waals surface area contributed by atoms with Gasteiger partial charge in [-0.05, 0) is 19.9 Å². The molecule has 1 aromatic carbocycles. The number of hydrogen-bond donors (Lipinski definition) is 1. The number of aromatic nitrogens is 2.